The fourth-order valence-corrected chi connectivity index (χ4v) is 3.77. The van der Waals surface area contributed by atoms with Gasteiger partial charge in [0.15, 0.2) is 17.6 Å². The number of hydrogen-bond acceptors (Lipinski definition) is 7. The van der Waals surface area contributed by atoms with Crippen molar-refractivity contribution < 1.29 is 28.7 Å². The van der Waals surface area contributed by atoms with Crippen LogP contribution in [0.2, 0.25) is 5.02 Å². The summed E-state index contributed by atoms with van der Waals surface area (Å²) in [7, 11) is 2.88. The number of carbonyl (C=O) groups excluding carboxylic acids is 2. The number of likely N-dealkylation sites (N-methyl/N-ethyl adjacent to an activating group) is 1. The van der Waals surface area contributed by atoms with Gasteiger partial charge in [-0.05, 0) is 42.5 Å². The fraction of sp³-hybridized carbons (Fsp3) is 0.167. The number of rotatable bonds is 6. The molecule has 1 atom stereocenters. The number of hydrogen-bond donors (Lipinski definition) is 1. The minimum Gasteiger partial charge on any atom is -0.493 e. The van der Waals surface area contributed by atoms with E-state index in [9.17, 15) is 19.7 Å². The van der Waals surface area contributed by atoms with Crippen LogP contribution < -0.4 is 24.4 Å². The Bertz CT molecular complexity index is 1310. The molecule has 0 aromatic heterocycles. The van der Waals surface area contributed by atoms with Crippen LogP contribution in [0.5, 0.6) is 23.0 Å². The predicted octanol–water partition coefficient (Wildman–Crippen LogP) is 4.20. The van der Waals surface area contributed by atoms with Crippen molar-refractivity contribution in [1.82, 2.24) is 5.32 Å². The zero-order valence-corrected chi connectivity index (χ0v) is 19.4. The highest BCUT2D eigenvalue weighted by Crippen LogP contribution is 2.39. The smallest absolute Gasteiger partial charge is 0.313 e. The van der Waals surface area contributed by atoms with E-state index in [1.807, 2.05) is 0 Å². The van der Waals surface area contributed by atoms with Crippen LogP contribution in [-0.2, 0) is 4.79 Å². The standard InChI is InChI=1S/C24H20ClN3O7/c1-26-23(29)22-13-27(16-5-3-4-6-18(16)35-22)24(30)14-7-9-20(21(11-14)33-2)34-19-10-8-15(25)12-17(19)28(31)32/h3-12,22H,13H2,1-2H3,(H,26,29). The van der Waals surface area contributed by atoms with E-state index in [-0.39, 0.29) is 46.0 Å². The second-order valence-corrected chi connectivity index (χ2v) is 7.88. The Balaban J connectivity index is 1.66. The summed E-state index contributed by atoms with van der Waals surface area (Å²) in [5.74, 6) is -0.0280. The summed E-state index contributed by atoms with van der Waals surface area (Å²) < 4.78 is 16.9. The van der Waals surface area contributed by atoms with Gasteiger partial charge >= 0.3 is 5.69 Å². The molecule has 1 unspecified atom stereocenters. The number of nitro groups is 1. The monoisotopic (exact) mass is 497 g/mol. The molecule has 11 heteroatoms. The number of amides is 2. The molecule has 180 valence electrons. The van der Waals surface area contributed by atoms with Gasteiger partial charge in [0.2, 0.25) is 5.75 Å². The number of methoxy groups -OCH3 is 1. The number of nitro benzene ring substituents is 1. The van der Waals surface area contributed by atoms with Crippen LogP contribution in [0.25, 0.3) is 0 Å². The lowest BCUT2D eigenvalue weighted by atomic mass is 10.1. The number of fused-ring (bicyclic) bond motifs is 1. The summed E-state index contributed by atoms with van der Waals surface area (Å²) in [6.07, 6.45) is -0.881. The third-order valence-corrected chi connectivity index (χ3v) is 5.54. The van der Waals surface area contributed by atoms with E-state index < -0.39 is 16.9 Å². The molecule has 0 aliphatic carbocycles. The normalized spacial score (nSPS) is 14.4. The van der Waals surface area contributed by atoms with Gasteiger partial charge in [0, 0.05) is 23.7 Å². The lowest BCUT2D eigenvalue weighted by molar-refractivity contribution is -0.385. The number of ether oxygens (including phenoxy) is 3. The zero-order chi connectivity index (χ0) is 25.1. The maximum Gasteiger partial charge on any atom is 0.313 e. The molecule has 0 fully saturated rings. The minimum absolute atomic E-state index is 0.00700. The molecular formula is C24H20ClN3O7. The second kappa shape index (κ2) is 9.90. The highest BCUT2D eigenvalue weighted by Gasteiger charge is 2.34. The largest absolute Gasteiger partial charge is 0.493 e. The van der Waals surface area contributed by atoms with Crippen molar-refractivity contribution in [3.05, 3.63) is 81.4 Å². The van der Waals surface area contributed by atoms with E-state index in [1.54, 1.807) is 24.3 Å². The van der Waals surface area contributed by atoms with Crippen LogP contribution in [0.1, 0.15) is 10.4 Å². The third-order valence-electron chi connectivity index (χ3n) is 5.31. The Kier molecular flexibility index (Phi) is 6.74. The summed E-state index contributed by atoms with van der Waals surface area (Å²) in [6, 6.07) is 15.4. The molecule has 0 bridgehead atoms. The summed E-state index contributed by atoms with van der Waals surface area (Å²) in [4.78, 5) is 37.9. The van der Waals surface area contributed by atoms with Crippen molar-refractivity contribution in [2.45, 2.75) is 6.10 Å². The number of benzene rings is 3. The first-order valence-electron chi connectivity index (χ1n) is 10.4. The fourth-order valence-electron chi connectivity index (χ4n) is 3.60. The molecule has 3 aromatic carbocycles. The average Bonchev–Trinajstić information content (AvgIpc) is 2.88. The van der Waals surface area contributed by atoms with E-state index >= 15 is 0 Å². The van der Waals surface area contributed by atoms with Crippen molar-refractivity contribution in [3.8, 4) is 23.0 Å². The molecule has 0 saturated carbocycles. The molecule has 35 heavy (non-hydrogen) atoms. The van der Waals surface area contributed by atoms with Gasteiger partial charge in [-0.2, -0.15) is 0 Å². The van der Waals surface area contributed by atoms with Gasteiger partial charge in [-0.15, -0.1) is 0 Å². The van der Waals surface area contributed by atoms with Crippen LogP contribution in [0.3, 0.4) is 0 Å². The lowest BCUT2D eigenvalue weighted by Gasteiger charge is -2.34. The number of nitrogens with zero attached hydrogens (tertiary/aromatic N) is 2. The second-order valence-electron chi connectivity index (χ2n) is 7.44. The molecule has 10 nitrogen and oxygen atoms in total. The topological polar surface area (TPSA) is 120 Å². The van der Waals surface area contributed by atoms with E-state index in [1.165, 1.54) is 55.5 Å². The van der Waals surface area contributed by atoms with Crippen LogP contribution >= 0.6 is 11.6 Å². The van der Waals surface area contributed by atoms with Crippen LogP contribution in [-0.4, -0.2) is 43.5 Å². The van der Waals surface area contributed by atoms with Gasteiger partial charge in [-0.3, -0.25) is 19.7 Å². The first kappa shape index (κ1) is 23.8. The number of carbonyl (C=O) groups is 2. The molecule has 0 spiro atoms. The van der Waals surface area contributed by atoms with Gasteiger partial charge in [-0.1, -0.05) is 23.7 Å². The predicted molar refractivity (Wildman–Crippen MR) is 128 cm³/mol. The Morgan fingerprint density at radius 2 is 1.86 bits per heavy atom. The van der Waals surface area contributed by atoms with Crippen molar-refractivity contribution in [2.75, 3.05) is 25.6 Å². The maximum absolute atomic E-state index is 13.5. The van der Waals surface area contributed by atoms with Gasteiger partial charge in [0.1, 0.15) is 5.75 Å². The number of nitrogens with one attached hydrogen (secondary N) is 1. The maximum atomic E-state index is 13.5. The molecule has 0 saturated heterocycles. The number of para-hydroxylation sites is 2. The lowest BCUT2D eigenvalue weighted by Crippen LogP contribution is -2.50. The Morgan fingerprint density at radius 3 is 2.57 bits per heavy atom. The molecular weight excluding hydrogens is 478 g/mol. The molecule has 1 aliphatic heterocycles. The zero-order valence-electron chi connectivity index (χ0n) is 18.7. The van der Waals surface area contributed by atoms with Crippen LogP contribution in [0.4, 0.5) is 11.4 Å². The first-order valence-corrected chi connectivity index (χ1v) is 10.8. The molecule has 1 N–H and O–H groups in total. The first-order chi connectivity index (χ1) is 16.8. The quantitative estimate of drug-likeness (QED) is 0.400. The molecule has 0 radical (unpaired) electrons. The summed E-state index contributed by atoms with van der Waals surface area (Å²) in [6.45, 7) is 0.00700. The SMILES string of the molecule is CNC(=O)C1CN(C(=O)c2ccc(Oc3ccc(Cl)cc3[N+](=O)[O-])c(OC)c2)c2ccccc2O1. The molecule has 1 heterocycles. The van der Waals surface area contributed by atoms with Crippen molar-refractivity contribution in [3.63, 3.8) is 0 Å². The van der Waals surface area contributed by atoms with E-state index in [4.69, 9.17) is 25.8 Å². The van der Waals surface area contributed by atoms with Crippen LogP contribution in [0.15, 0.2) is 60.7 Å². The van der Waals surface area contributed by atoms with Crippen molar-refractivity contribution in [2.24, 2.45) is 0 Å². The van der Waals surface area contributed by atoms with Gasteiger partial charge in [0.05, 0.1) is 24.3 Å². The Labute approximate surface area is 205 Å². The molecule has 4 rings (SSSR count). The number of anilines is 1. The summed E-state index contributed by atoms with van der Waals surface area (Å²) in [5, 5.41) is 14.1. The Morgan fingerprint density at radius 1 is 1.11 bits per heavy atom. The average molecular weight is 498 g/mol. The highest BCUT2D eigenvalue weighted by atomic mass is 35.5. The van der Waals surface area contributed by atoms with Crippen molar-refractivity contribution in [1.29, 1.82) is 0 Å². The highest BCUT2D eigenvalue weighted by molar-refractivity contribution is 6.30. The van der Waals surface area contributed by atoms with Gasteiger partial charge in [0.25, 0.3) is 11.8 Å². The Hall–Kier alpha value is -4.31. The van der Waals surface area contributed by atoms with E-state index in [2.05, 4.69) is 5.32 Å². The molecule has 1 aliphatic rings. The third kappa shape index (κ3) is 4.82. The molecule has 2 amide bonds. The minimum atomic E-state index is -0.881. The van der Waals surface area contributed by atoms with Crippen molar-refractivity contribution >= 4 is 34.8 Å². The summed E-state index contributed by atoms with van der Waals surface area (Å²) >= 11 is 5.87. The van der Waals surface area contributed by atoms with E-state index in [0.717, 1.165) is 0 Å². The van der Waals surface area contributed by atoms with E-state index in [0.29, 0.717) is 11.4 Å². The summed E-state index contributed by atoms with van der Waals surface area (Å²) in [5.41, 5.74) is 0.464. The van der Waals surface area contributed by atoms with Crippen LogP contribution in [0, 0.1) is 10.1 Å². The van der Waals surface area contributed by atoms with Gasteiger partial charge < -0.3 is 24.4 Å². The van der Waals surface area contributed by atoms with Gasteiger partial charge in [-0.25, -0.2) is 0 Å². The number of halogens is 1. The molecule has 3 aromatic rings.